The second-order valence-corrected chi connectivity index (χ2v) is 4.16. The van der Waals surface area contributed by atoms with E-state index in [0.717, 1.165) is 23.6 Å². The number of nitrogens with one attached hydrogen (secondary N) is 2. The SMILES string of the molecule is O=C(NCc1csc(=O)[nH]1)c1ccnc(F)c1F. The third-order valence-corrected chi connectivity index (χ3v) is 2.82. The van der Waals surface area contributed by atoms with Crippen LogP contribution < -0.4 is 10.2 Å². The van der Waals surface area contributed by atoms with Gasteiger partial charge in [-0.2, -0.15) is 4.39 Å². The Hall–Kier alpha value is -2.09. The third-order valence-electron chi connectivity index (χ3n) is 2.10. The molecule has 2 aromatic rings. The van der Waals surface area contributed by atoms with E-state index in [1.165, 1.54) is 5.38 Å². The van der Waals surface area contributed by atoms with E-state index in [2.05, 4.69) is 15.3 Å². The van der Waals surface area contributed by atoms with E-state index >= 15 is 0 Å². The van der Waals surface area contributed by atoms with Gasteiger partial charge in [-0.3, -0.25) is 9.59 Å². The van der Waals surface area contributed by atoms with Crippen molar-refractivity contribution in [3.63, 3.8) is 0 Å². The van der Waals surface area contributed by atoms with Crippen LogP contribution >= 0.6 is 11.3 Å². The van der Waals surface area contributed by atoms with Gasteiger partial charge in [-0.05, 0) is 6.07 Å². The number of rotatable bonds is 3. The molecule has 2 heterocycles. The standard InChI is InChI=1S/C10H7F2N3O2S/c11-7-6(1-2-13-8(7)12)9(16)14-3-5-4-18-10(17)15-5/h1-2,4H,3H2,(H,14,16)(H,15,17). The van der Waals surface area contributed by atoms with E-state index in [9.17, 15) is 18.4 Å². The number of aromatic nitrogens is 2. The van der Waals surface area contributed by atoms with Crippen LogP contribution in [0.3, 0.4) is 0 Å². The molecule has 0 atom stereocenters. The number of aromatic amines is 1. The minimum Gasteiger partial charge on any atom is -0.346 e. The first-order valence-electron chi connectivity index (χ1n) is 4.83. The van der Waals surface area contributed by atoms with Gasteiger partial charge >= 0.3 is 4.87 Å². The molecule has 1 amide bonds. The first-order chi connectivity index (χ1) is 8.58. The largest absolute Gasteiger partial charge is 0.346 e. The summed E-state index contributed by atoms with van der Waals surface area (Å²) in [7, 11) is 0. The van der Waals surface area contributed by atoms with E-state index in [-0.39, 0.29) is 11.4 Å². The molecule has 0 saturated heterocycles. The van der Waals surface area contributed by atoms with Crippen molar-refractivity contribution in [2.75, 3.05) is 0 Å². The number of amides is 1. The van der Waals surface area contributed by atoms with Crippen molar-refractivity contribution >= 4 is 17.2 Å². The maximum atomic E-state index is 13.2. The highest BCUT2D eigenvalue weighted by Gasteiger charge is 2.15. The van der Waals surface area contributed by atoms with Crippen molar-refractivity contribution in [3.8, 4) is 0 Å². The van der Waals surface area contributed by atoms with Crippen LogP contribution in [0.5, 0.6) is 0 Å². The Morgan fingerprint density at radius 3 is 2.94 bits per heavy atom. The van der Waals surface area contributed by atoms with Gasteiger partial charge in [0.15, 0.2) is 5.82 Å². The number of carbonyl (C=O) groups excluding carboxylic acids is 1. The van der Waals surface area contributed by atoms with Crippen LogP contribution in [-0.4, -0.2) is 15.9 Å². The number of thiazole rings is 1. The fourth-order valence-electron chi connectivity index (χ4n) is 1.26. The summed E-state index contributed by atoms with van der Waals surface area (Å²) in [4.78, 5) is 27.7. The molecule has 0 aliphatic rings. The molecule has 0 aliphatic carbocycles. The molecular formula is C10H7F2N3O2S. The maximum absolute atomic E-state index is 13.2. The monoisotopic (exact) mass is 271 g/mol. The van der Waals surface area contributed by atoms with Gasteiger partial charge in [-0.25, -0.2) is 9.37 Å². The summed E-state index contributed by atoms with van der Waals surface area (Å²) in [5.41, 5.74) is 0.0633. The van der Waals surface area contributed by atoms with E-state index in [4.69, 9.17) is 0 Å². The zero-order valence-electron chi connectivity index (χ0n) is 8.87. The first-order valence-corrected chi connectivity index (χ1v) is 5.71. The molecule has 2 aromatic heterocycles. The lowest BCUT2D eigenvalue weighted by atomic mass is 10.2. The molecule has 8 heteroatoms. The normalized spacial score (nSPS) is 10.3. The molecule has 2 rings (SSSR count). The molecule has 94 valence electrons. The van der Waals surface area contributed by atoms with Crippen molar-refractivity contribution in [1.29, 1.82) is 0 Å². The molecule has 0 saturated carbocycles. The number of H-pyrrole nitrogens is 1. The highest BCUT2D eigenvalue weighted by molar-refractivity contribution is 7.07. The summed E-state index contributed by atoms with van der Waals surface area (Å²) in [6, 6.07) is 1.07. The molecule has 0 unspecified atom stereocenters. The Morgan fingerprint density at radius 1 is 1.50 bits per heavy atom. The van der Waals surface area contributed by atoms with E-state index < -0.39 is 23.2 Å². The van der Waals surface area contributed by atoms with Crippen LogP contribution in [0.1, 0.15) is 16.1 Å². The van der Waals surface area contributed by atoms with Crippen molar-refractivity contribution in [3.05, 3.63) is 50.3 Å². The van der Waals surface area contributed by atoms with E-state index in [0.29, 0.717) is 5.69 Å². The second kappa shape index (κ2) is 5.05. The summed E-state index contributed by atoms with van der Waals surface area (Å²) in [5, 5.41) is 3.89. The van der Waals surface area contributed by atoms with E-state index in [1.807, 2.05) is 0 Å². The van der Waals surface area contributed by atoms with E-state index in [1.54, 1.807) is 0 Å². The quantitative estimate of drug-likeness (QED) is 0.819. The fourth-order valence-corrected chi connectivity index (χ4v) is 1.85. The van der Waals surface area contributed by atoms with Gasteiger partial charge in [-0.15, -0.1) is 0 Å². The lowest BCUT2D eigenvalue weighted by molar-refractivity contribution is 0.0945. The highest BCUT2D eigenvalue weighted by Crippen LogP contribution is 2.08. The molecule has 5 nitrogen and oxygen atoms in total. The van der Waals surface area contributed by atoms with Crippen molar-refractivity contribution < 1.29 is 13.6 Å². The molecule has 0 bridgehead atoms. The van der Waals surface area contributed by atoms with Gasteiger partial charge in [0.2, 0.25) is 5.95 Å². The van der Waals surface area contributed by atoms with Crippen molar-refractivity contribution in [1.82, 2.24) is 15.3 Å². The van der Waals surface area contributed by atoms with Crippen LogP contribution in [0.4, 0.5) is 8.78 Å². The number of hydrogen-bond donors (Lipinski definition) is 2. The molecule has 0 fully saturated rings. The fraction of sp³-hybridized carbons (Fsp3) is 0.100. The predicted octanol–water partition coefficient (Wildman–Crippen LogP) is 1.04. The Balaban J connectivity index is 2.08. The van der Waals surface area contributed by atoms with Gasteiger partial charge < -0.3 is 10.3 Å². The molecule has 0 aromatic carbocycles. The highest BCUT2D eigenvalue weighted by atomic mass is 32.1. The average Bonchev–Trinajstić information content (AvgIpc) is 2.76. The summed E-state index contributed by atoms with van der Waals surface area (Å²) >= 11 is 0.951. The number of hydrogen-bond acceptors (Lipinski definition) is 4. The summed E-state index contributed by atoms with van der Waals surface area (Å²) < 4.78 is 26.0. The van der Waals surface area contributed by atoms with Crippen LogP contribution in [0.15, 0.2) is 22.4 Å². The van der Waals surface area contributed by atoms with Crippen LogP contribution in [0.25, 0.3) is 0 Å². The Bertz CT molecular complexity index is 638. The van der Waals surface area contributed by atoms with Gasteiger partial charge in [0.1, 0.15) is 0 Å². The number of carbonyl (C=O) groups is 1. The minimum atomic E-state index is -1.33. The second-order valence-electron chi connectivity index (χ2n) is 3.32. The summed E-state index contributed by atoms with van der Waals surface area (Å²) in [5.74, 6) is -3.40. The van der Waals surface area contributed by atoms with Gasteiger partial charge in [0, 0.05) is 17.3 Å². The van der Waals surface area contributed by atoms with Crippen molar-refractivity contribution in [2.45, 2.75) is 6.54 Å². The zero-order chi connectivity index (χ0) is 13.1. The smallest absolute Gasteiger partial charge is 0.304 e. The molecule has 0 aliphatic heterocycles. The maximum Gasteiger partial charge on any atom is 0.304 e. The summed E-state index contributed by atoms with van der Waals surface area (Å²) in [6.45, 7) is 0.0287. The van der Waals surface area contributed by atoms with Gasteiger partial charge in [0.25, 0.3) is 5.91 Å². The Labute approximate surface area is 104 Å². The zero-order valence-corrected chi connectivity index (χ0v) is 9.68. The number of halogens is 2. The topological polar surface area (TPSA) is 74.8 Å². The molecule has 0 spiro atoms. The third kappa shape index (κ3) is 2.59. The summed E-state index contributed by atoms with van der Waals surface area (Å²) in [6.07, 6.45) is 1.000. The Kier molecular flexibility index (Phi) is 3.47. The Morgan fingerprint density at radius 2 is 2.28 bits per heavy atom. The molecule has 18 heavy (non-hydrogen) atoms. The lowest BCUT2D eigenvalue weighted by Crippen LogP contribution is -2.24. The number of nitrogens with zero attached hydrogens (tertiary/aromatic N) is 1. The minimum absolute atomic E-state index is 0.0287. The lowest BCUT2D eigenvalue weighted by Gasteiger charge is -2.04. The average molecular weight is 271 g/mol. The van der Waals surface area contributed by atoms with Crippen LogP contribution in [-0.2, 0) is 6.54 Å². The van der Waals surface area contributed by atoms with Crippen LogP contribution in [0, 0.1) is 11.8 Å². The van der Waals surface area contributed by atoms with Gasteiger partial charge in [0.05, 0.1) is 12.1 Å². The van der Waals surface area contributed by atoms with Crippen molar-refractivity contribution in [2.24, 2.45) is 0 Å². The predicted molar refractivity (Wildman–Crippen MR) is 60.3 cm³/mol. The van der Waals surface area contributed by atoms with Crippen LogP contribution in [0.2, 0.25) is 0 Å². The number of pyridine rings is 1. The molecular weight excluding hydrogens is 264 g/mol. The molecule has 0 radical (unpaired) electrons. The van der Waals surface area contributed by atoms with Gasteiger partial charge in [-0.1, -0.05) is 11.3 Å². The first kappa shape index (κ1) is 12.4. The molecule has 2 N–H and O–H groups in total.